The summed E-state index contributed by atoms with van der Waals surface area (Å²) in [5.41, 5.74) is 0.669. The number of nitrogens with one attached hydrogen (secondary N) is 1. The lowest BCUT2D eigenvalue weighted by Gasteiger charge is -2.20. The van der Waals surface area contributed by atoms with Crippen LogP contribution < -0.4 is 10.2 Å². The van der Waals surface area contributed by atoms with Gasteiger partial charge in [-0.1, -0.05) is 6.07 Å². The third kappa shape index (κ3) is 4.71. The monoisotopic (exact) mass is 295 g/mol. The van der Waals surface area contributed by atoms with E-state index in [-0.39, 0.29) is 24.2 Å². The Kier molecular flexibility index (Phi) is 5.66. The van der Waals surface area contributed by atoms with Crippen molar-refractivity contribution in [2.24, 2.45) is 0 Å². The van der Waals surface area contributed by atoms with Gasteiger partial charge in [0.05, 0.1) is 17.6 Å². The smallest absolute Gasteiger partial charge is 0.292 e. The van der Waals surface area contributed by atoms with Gasteiger partial charge in [0.15, 0.2) is 0 Å². The zero-order valence-corrected chi connectivity index (χ0v) is 12.7. The summed E-state index contributed by atoms with van der Waals surface area (Å²) in [6.45, 7) is 5.25. The number of hydrogen-bond acceptors (Lipinski definition) is 5. The highest BCUT2D eigenvalue weighted by Gasteiger charge is 2.20. The first-order valence-corrected chi connectivity index (χ1v) is 6.69. The van der Waals surface area contributed by atoms with Gasteiger partial charge < -0.3 is 15.3 Å². The molecule has 0 heterocycles. The Morgan fingerprint density at radius 2 is 2.05 bits per heavy atom. The standard InChI is InChI=1S/C14H21N3O4/c1-9(2)15-14(19)8-16(4)12-6-5-11(10(3)18)7-13(12)17(20)21/h5-7,9-10,18H,8H2,1-4H3,(H,15,19)/t10-/m0/s1. The molecule has 0 saturated heterocycles. The van der Waals surface area contributed by atoms with Gasteiger partial charge in [-0.25, -0.2) is 0 Å². The van der Waals surface area contributed by atoms with Crippen molar-refractivity contribution in [1.29, 1.82) is 0 Å². The van der Waals surface area contributed by atoms with Gasteiger partial charge in [-0.15, -0.1) is 0 Å². The topological polar surface area (TPSA) is 95.7 Å². The number of hydrogen-bond donors (Lipinski definition) is 2. The average Bonchev–Trinajstić information content (AvgIpc) is 2.36. The van der Waals surface area contributed by atoms with E-state index in [1.54, 1.807) is 26.1 Å². The molecule has 116 valence electrons. The molecule has 0 saturated carbocycles. The van der Waals surface area contributed by atoms with Gasteiger partial charge in [-0.05, 0) is 32.4 Å². The summed E-state index contributed by atoms with van der Waals surface area (Å²) in [6, 6.07) is 4.50. The lowest BCUT2D eigenvalue weighted by atomic mass is 10.1. The second-order valence-corrected chi connectivity index (χ2v) is 5.26. The third-order valence-corrected chi connectivity index (χ3v) is 2.92. The number of aliphatic hydroxyl groups is 1. The largest absolute Gasteiger partial charge is 0.389 e. The lowest BCUT2D eigenvalue weighted by Crippen LogP contribution is -2.38. The Hall–Kier alpha value is -2.15. The number of likely N-dealkylation sites (N-methyl/N-ethyl adjacent to an activating group) is 1. The zero-order chi connectivity index (χ0) is 16.2. The van der Waals surface area contributed by atoms with Crippen molar-refractivity contribution in [2.75, 3.05) is 18.5 Å². The normalized spacial score (nSPS) is 12.1. The van der Waals surface area contributed by atoms with E-state index >= 15 is 0 Å². The summed E-state index contributed by atoms with van der Waals surface area (Å²) < 4.78 is 0. The van der Waals surface area contributed by atoms with Crippen LogP contribution in [0.25, 0.3) is 0 Å². The molecule has 1 aromatic rings. The van der Waals surface area contributed by atoms with Crippen molar-refractivity contribution in [3.8, 4) is 0 Å². The predicted molar refractivity (Wildman–Crippen MR) is 80.3 cm³/mol. The summed E-state index contributed by atoms with van der Waals surface area (Å²) in [5.74, 6) is -0.207. The fraction of sp³-hybridized carbons (Fsp3) is 0.500. The number of nitrogens with zero attached hydrogens (tertiary/aromatic N) is 2. The first-order valence-electron chi connectivity index (χ1n) is 6.69. The number of nitro groups is 1. The van der Waals surface area contributed by atoms with Crippen LogP contribution in [0.2, 0.25) is 0 Å². The maximum Gasteiger partial charge on any atom is 0.292 e. The molecule has 1 aromatic carbocycles. The minimum atomic E-state index is -0.785. The van der Waals surface area contributed by atoms with Crippen LogP contribution in [0.4, 0.5) is 11.4 Å². The van der Waals surface area contributed by atoms with Gasteiger partial charge in [0.2, 0.25) is 5.91 Å². The summed E-state index contributed by atoms with van der Waals surface area (Å²) in [7, 11) is 1.62. The molecule has 0 spiro atoms. The van der Waals surface area contributed by atoms with Crippen LogP contribution in [-0.4, -0.2) is 35.6 Å². The van der Waals surface area contributed by atoms with Gasteiger partial charge in [0.1, 0.15) is 5.69 Å². The third-order valence-electron chi connectivity index (χ3n) is 2.92. The van der Waals surface area contributed by atoms with Crippen molar-refractivity contribution in [2.45, 2.75) is 32.9 Å². The van der Waals surface area contributed by atoms with E-state index in [2.05, 4.69) is 5.32 Å². The predicted octanol–water partition coefficient (Wildman–Crippen LogP) is 1.61. The van der Waals surface area contributed by atoms with Crippen LogP contribution >= 0.6 is 0 Å². The number of rotatable bonds is 6. The van der Waals surface area contributed by atoms with Crippen LogP contribution in [0.1, 0.15) is 32.4 Å². The van der Waals surface area contributed by atoms with Crippen LogP contribution in [0.3, 0.4) is 0 Å². The Morgan fingerprint density at radius 1 is 1.43 bits per heavy atom. The fourth-order valence-corrected chi connectivity index (χ4v) is 1.94. The summed E-state index contributed by atoms with van der Waals surface area (Å²) in [6.07, 6.45) is -0.785. The molecule has 0 aliphatic carbocycles. The van der Waals surface area contributed by atoms with E-state index in [1.807, 2.05) is 13.8 Å². The first kappa shape index (κ1) is 16.9. The van der Waals surface area contributed by atoms with Crippen molar-refractivity contribution in [3.63, 3.8) is 0 Å². The number of benzene rings is 1. The molecule has 0 fully saturated rings. The molecule has 7 heteroatoms. The molecule has 0 bridgehead atoms. The summed E-state index contributed by atoms with van der Waals surface area (Å²) >= 11 is 0. The van der Waals surface area contributed by atoms with Gasteiger partial charge in [-0.2, -0.15) is 0 Å². The number of nitro benzene ring substituents is 1. The number of carbonyl (C=O) groups is 1. The second-order valence-electron chi connectivity index (χ2n) is 5.26. The summed E-state index contributed by atoms with van der Waals surface area (Å²) in [5, 5.41) is 23.4. The SMILES string of the molecule is CC(C)NC(=O)CN(C)c1ccc([C@H](C)O)cc1[N+](=O)[O-]. The molecule has 21 heavy (non-hydrogen) atoms. The zero-order valence-electron chi connectivity index (χ0n) is 12.7. The van der Waals surface area contributed by atoms with Gasteiger partial charge in [0.25, 0.3) is 5.69 Å². The molecule has 1 rings (SSSR count). The summed E-state index contributed by atoms with van der Waals surface area (Å²) in [4.78, 5) is 23.9. The van der Waals surface area contributed by atoms with E-state index < -0.39 is 11.0 Å². The molecular weight excluding hydrogens is 274 g/mol. The quantitative estimate of drug-likeness (QED) is 0.614. The molecular formula is C14H21N3O4. The van der Waals surface area contributed by atoms with Crippen molar-refractivity contribution in [1.82, 2.24) is 5.32 Å². The van der Waals surface area contributed by atoms with Crippen LogP contribution in [0.15, 0.2) is 18.2 Å². The van der Waals surface area contributed by atoms with Crippen molar-refractivity contribution >= 4 is 17.3 Å². The van der Waals surface area contributed by atoms with Crippen molar-refractivity contribution in [3.05, 3.63) is 33.9 Å². The number of amides is 1. The lowest BCUT2D eigenvalue weighted by molar-refractivity contribution is -0.384. The highest BCUT2D eigenvalue weighted by atomic mass is 16.6. The van der Waals surface area contributed by atoms with Crippen LogP contribution in [0, 0.1) is 10.1 Å². The van der Waals surface area contributed by atoms with E-state index in [1.165, 1.54) is 11.0 Å². The minimum Gasteiger partial charge on any atom is -0.389 e. The van der Waals surface area contributed by atoms with E-state index in [0.717, 1.165) is 0 Å². The highest BCUT2D eigenvalue weighted by molar-refractivity contribution is 5.82. The number of carbonyl (C=O) groups excluding carboxylic acids is 1. The van der Waals surface area contributed by atoms with Crippen molar-refractivity contribution < 1.29 is 14.8 Å². The number of aliphatic hydroxyl groups excluding tert-OH is 1. The van der Waals surface area contributed by atoms with Gasteiger partial charge in [-0.3, -0.25) is 14.9 Å². The molecule has 1 amide bonds. The molecule has 0 radical (unpaired) electrons. The Labute approximate surface area is 123 Å². The van der Waals surface area contributed by atoms with E-state index in [4.69, 9.17) is 0 Å². The molecule has 7 nitrogen and oxygen atoms in total. The highest BCUT2D eigenvalue weighted by Crippen LogP contribution is 2.30. The Morgan fingerprint density at radius 3 is 2.52 bits per heavy atom. The maximum atomic E-state index is 11.7. The van der Waals surface area contributed by atoms with Crippen LogP contribution in [-0.2, 0) is 4.79 Å². The molecule has 0 aliphatic heterocycles. The van der Waals surface area contributed by atoms with Gasteiger partial charge in [0, 0.05) is 19.2 Å². The second kappa shape index (κ2) is 7.03. The minimum absolute atomic E-state index is 0.0125. The molecule has 0 aliphatic rings. The van der Waals surface area contributed by atoms with E-state index in [0.29, 0.717) is 11.3 Å². The first-order chi connectivity index (χ1) is 9.72. The van der Waals surface area contributed by atoms with Crippen LogP contribution in [0.5, 0.6) is 0 Å². The van der Waals surface area contributed by atoms with E-state index in [9.17, 15) is 20.0 Å². The van der Waals surface area contributed by atoms with Gasteiger partial charge >= 0.3 is 0 Å². The molecule has 0 aromatic heterocycles. The average molecular weight is 295 g/mol. The number of anilines is 1. The fourth-order valence-electron chi connectivity index (χ4n) is 1.94. The molecule has 2 N–H and O–H groups in total. The molecule has 0 unspecified atom stereocenters. The Bertz CT molecular complexity index is 529. The molecule has 1 atom stereocenters. The Balaban J connectivity index is 3.00. The maximum absolute atomic E-state index is 11.7.